The number of benzene rings is 1. The molecule has 7 heteroatoms. The molecule has 1 fully saturated rings. The predicted octanol–water partition coefficient (Wildman–Crippen LogP) is 4.90. The molecule has 0 atom stereocenters. The van der Waals surface area contributed by atoms with Gasteiger partial charge in [0.1, 0.15) is 0 Å². The maximum atomic E-state index is 12.3. The number of anilines is 1. The zero-order chi connectivity index (χ0) is 16.9. The van der Waals surface area contributed by atoms with Gasteiger partial charge in [-0.2, -0.15) is 0 Å². The van der Waals surface area contributed by atoms with Gasteiger partial charge in [-0.25, -0.2) is 4.98 Å². The van der Waals surface area contributed by atoms with Crippen molar-refractivity contribution in [3.63, 3.8) is 0 Å². The van der Waals surface area contributed by atoms with Gasteiger partial charge in [-0.1, -0.05) is 25.3 Å². The molecule has 26 heavy (non-hydrogen) atoms. The Morgan fingerprint density at radius 1 is 1.27 bits per heavy atom. The van der Waals surface area contributed by atoms with Crippen molar-refractivity contribution in [1.29, 1.82) is 0 Å². The molecule has 1 saturated carbocycles. The highest BCUT2D eigenvalue weighted by molar-refractivity contribution is 7.09. The van der Waals surface area contributed by atoms with Crippen LogP contribution in [0, 0.1) is 6.92 Å². The molecular formula is C19H27Cl2N3OS. The van der Waals surface area contributed by atoms with Crippen molar-refractivity contribution in [2.45, 2.75) is 51.4 Å². The van der Waals surface area contributed by atoms with E-state index in [-0.39, 0.29) is 30.7 Å². The Labute approximate surface area is 171 Å². The summed E-state index contributed by atoms with van der Waals surface area (Å²) in [5.74, 6) is 0.581. The van der Waals surface area contributed by atoms with Gasteiger partial charge < -0.3 is 11.1 Å². The van der Waals surface area contributed by atoms with Crippen molar-refractivity contribution in [3.8, 4) is 0 Å². The average molecular weight is 416 g/mol. The molecule has 1 aromatic heterocycles. The van der Waals surface area contributed by atoms with E-state index in [0.717, 1.165) is 17.0 Å². The van der Waals surface area contributed by atoms with Crippen LogP contribution < -0.4 is 11.1 Å². The number of amides is 1. The highest BCUT2D eigenvalue weighted by Crippen LogP contribution is 2.33. The number of aryl methyl sites for hydroxylation is 1. The van der Waals surface area contributed by atoms with Gasteiger partial charge in [0.2, 0.25) is 0 Å². The normalized spacial score (nSPS) is 14.2. The summed E-state index contributed by atoms with van der Waals surface area (Å²) in [7, 11) is 0. The number of thiazole rings is 1. The number of nitrogens with two attached hydrogens (primary N) is 1. The molecule has 0 radical (unpaired) electrons. The second-order valence-corrected chi connectivity index (χ2v) is 7.52. The number of nitrogens with zero attached hydrogens (tertiary/aromatic N) is 1. The Morgan fingerprint density at radius 3 is 2.73 bits per heavy atom. The average Bonchev–Trinajstić information content (AvgIpc) is 3.06. The molecule has 0 spiro atoms. The zero-order valence-electron chi connectivity index (χ0n) is 15.0. The quantitative estimate of drug-likeness (QED) is 0.682. The van der Waals surface area contributed by atoms with E-state index in [9.17, 15) is 4.79 Å². The van der Waals surface area contributed by atoms with Crippen LogP contribution in [0.2, 0.25) is 0 Å². The summed E-state index contributed by atoms with van der Waals surface area (Å²) in [5, 5.41) is 6.29. The van der Waals surface area contributed by atoms with E-state index >= 15 is 0 Å². The molecule has 1 aliphatic rings. The van der Waals surface area contributed by atoms with Gasteiger partial charge in [-0.15, -0.1) is 36.2 Å². The Bertz CT molecular complexity index is 715. The second-order valence-electron chi connectivity index (χ2n) is 6.58. The number of halogens is 2. The number of carbonyl (C=O) groups is 1. The largest absolute Gasteiger partial charge is 0.399 e. The summed E-state index contributed by atoms with van der Waals surface area (Å²) >= 11 is 1.71. The van der Waals surface area contributed by atoms with Crippen LogP contribution in [0.1, 0.15) is 64.6 Å². The molecule has 3 N–H and O–H groups in total. The van der Waals surface area contributed by atoms with Gasteiger partial charge in [0.05, 0.1) is 10.7 Å². The summed E-state index contributed by atoms with van der Waals surface area (Å²) in [5.41, 5.74) is 9.23. The first-order valence-electron chi connectivity index (χ1n) is 8.72. The number of nitrogen functional groups attached to an aromatic ring is 1. The fourth-order valence-corrected chi connectivity index (χ4v) is 4.17. The molecule has 1 heterocycles. The minimum atomic E-state index is -0.0659. The first-order chi connectivity index (χ1) is 11.6. The minimum absolute atomic E-state index is 0. The molecule has 1 aliphatic carbocycles. The van der Waals surface area contributed by atoms with Gasteiger partial charge in [-0.05, 0) is 37.5 Å². The fraction of sp³-hybridized carbons (Fsp3) is 0.474. The Kier molecular flexibility index (Phi) is 9.41. The molecule has 0 aliphatic heterocycles. The molecule has 0 saturated heterocycles. The summed E-state index contributed by atoms with van der Waals surface area (Å²) in [6, 6.07) is 5.42. The molecule has 3 rings (SSSR count). The number of hydrogen-bond acceptors (Lipinski definition) is 4. The van der Waals surface area contributed by atoms with Crippen molar-refractivity contribution >= 4 is 47.7 Å². The SMILES string of the molecule is Cc1ccc(N)cc1C(=O)NCCc1nc(C2CCCCC2)cs1.Cl.Cl. The maximum absolute atomic E-state index is 12.3. The number of carbonyl (C=O) groups excluding carboxylic acids is 1. The summed E-state index contributed by atoms with van der Waals surface area (Å²) in [6.45, 7) is 2.52. The first-order valence-corrected chi connectivity index (χ1v) is 9.60. The van der Waals surface area contributed by atoms with E-state index in [1.54, 1.807) is 17.4 Å². The Hall–Kier alpha value is -1.30. The van der Waals surface area contributed by atoms with Crippen LogP contribution in [0.5, 0.6) is 0 Å². The van der Waals surface area contributed by atoms with E-state index in [0.29, 0.717) is 23.7 Å². The molecule has 144 valence electrons. The third kappa shape index (κ3) is 5.86. The first kappa shape index (κ1) is 22.7. The lowest BCUT2D eigenvalue weighted by atomic mass is 9.87. The smallest absolute Gasteiger partial charge is 0.251 e. The van der Waals surface area contributed by atoms with E-state index in [2.05, 4.69) is 10.7 Å². The van der Waals surface area contributed by atoms with E-state index in [1.165, 1.54) is 37.8 Å². The third-order valence-corrected chi connectivity index (χ3v) is 5.65. The van der Waals surface area contributed by atoms with Gasteiger partial charge in [0.15, 0.2) is 0 Å². The Balaban J connectivity index is 0.00000169. The third-order valence-electron chi connectivity index (χ3n) is 4.72. The summed E-state index contributed by atoms with van der Waals surface area (Å²) in [6.07, 6.45) is 7.34. The lowest BCUT2D eigenvalue weighted by molar-refractivity contribution is 0.0953. The van der Waals surface area contributed by atoms with Crippen LogP contribution in [0.15, 0.2) is 23.6 Å². The van der Waals surface area contributed by atoms with Crippen molar-refractivity contribution in [3.05, 3.63) is 45.4 Å². The maximum Gasteiger partial charge on any atom is 0.251 e. The minimum Gasteiger partial charge on any atom is -0.399 e. The standard InChI is InChI=1S/C19H25N3OS.2ClH/c1-13-7-8-15(20)11-16(13)19(23)21-10-9-18-22-17(12-24-18)14-5-3-2-4-6-14;;/h7-8,11-12,14H,2-6,9-10,20H2,1H3,(H,21,23);2*1H. The molecule has 2 aromatic rings. The Morgan fingerprint density at radius 2 is 2.00 bits per heavy atom. The highest BCUT2D eigenvalue weighted by atomic mass is 35.5. The highest BCUT2D eigenvalue weighted by Gasteiger charge is 2.18. The van der Waals surface area contributed by atoms with E-state index in [1.807, 2.05) is 19.1 Å². The molecule has 4 nitrogen and oxygen atoms in total. The van der Waals surface area contributed by atoms with Gasteiger partial charge in [0, 0.05) is 35.5 Å². The number of rotatable bonds is 5. The van der Waals surface area contributed by atoms with Crippen LogP contribution in [-0.4, -0.2) is 17.4 Å². The van der Waals surface area contributed by atoms with Crippen LogP contribution >= 0.6 is 36.2 Å². The molecule has 0 bridgehead atoms. The zero-order valence-corrected chi connectivity index (χ0v) is 17.4. The summed E-state index contributed by atoms with van der Waals surface area (Å²) in [4.78, 5) is 17.1. The van der Waals surface area contributed by atoms with Crippen LogP contribution in [0.4, 0.5) is 5.69 Å². The number of aromatic nitrogens is 1. The van der Waals surface area contributed by atoms with Gasteiger partial charge in [-0.3, -0.25) is 4.79 Å². The van der Waals surface area contributed by atoms with Crippen LogP contribution in [-0.2, 0) is 6.42 Å². The molecule has 1 aromatic carbocycles. The van der Waals surface area contributed by atoms with Crippen molar-refractivity contribution in [2.75, 3.05) is 12.3 Å². The lowest BCUT2D eigenvalue weighted by Crippen LogP contribution is -2.26. The van der Waals surface area contributed by atoms with Gasteiger partial charge >= 0.3 is 0 Å². The van der Waals surface area contributed by atoms with Crippen molar-refractivity contribution in [1.82, 2.24) is 10.3 Å². The number of hydrogen-bond donors (Lipinski definition) is 2. The van der Waals surface area contributed by atoms with Gasteiger partial charge in [0.25, 0.3) is 5.91 Å². The monoisotopic (exact) mass is 415 g/mol. The fourth-order valence-electron chi connectivity index (χ4n) is 3.29. The lowest BCUT2D eigenvalue weighted by Gasteiger charge is -2.19. The summed E-state index contributed by atoms with van der Waals surface area (Å²) < 4.78 is 0. The van der Waals surface area contributed by atoms with E-state index in [4.69, 9.17) is 10.7 Å². The topological polar surface area (TPSA) is 68.0 Å². The second kappa shape index (κ2) is 10.8. The molecular weight excluding hydrogens is 389 g/mol. The molecule has 1 amide bonds. The number of nitrogens with one attached hydrogen (secondary N) is 1. The van der Waals surface area contributed by atoms with Crippen molar-refractivity contribution in [2.24, 2.45) is 0 Å². The predicted molar refractivity (Wildman–Crippen MR) is 114 cm³/mol. The van der Waals surface area contributed by atoms with Crippen LogP contribution in [0.3, 0.4) is 0 Å². The van der Waals surface area contributed by atoms with Crippen molar-refractivity contribution < 1.29 is 4.79 Å². The molecule has 0 unspecified atom stereocenters. The van der Waals surface area contributed by atoms with Crippen LogP contribution in [0.25, 0.3) is 0 Å². The van der Waals surface area contributed by atoms with E-state index < -0.39 is 0 Å².